The largest absolute Gasteiger partial charge is 0.444 e. The van der Waals surface area contributed by atoms with Crippen molar-refractivity contribution in [2.24, 2.45) is 0 Å². The van der Waals surface area contributed by atoms with Crippen LogP contribution in [0, 0.1) is 0 Å². The molecule has 2 saturated heterocycles. The van der Waals surface area contributed by atoms with Crippen LogP contribution in [0.25, 0.3) is 0 Å². The summed E-state index contributed by atoms with van der Waals surface area (Å²) >= 11 is 0. The van der Waals surface area contributed by atoms with E-state index in [1.54, 1.807) is 4.90 Å². The van der Waals surface area contributed by atoms with E-state index in [9.17, 15) is 4.79 Å². The summed E-state index contributed by atoms with van der Waals surface area (Å²) in [4.78, 5) is 13.2. The van der Waals surface area contributed by atoms with Gasteiger partial charge in [0, 0.05) is 12.7 Å². The SMILES string of the molecule is CC(C)=CN1C(=O)O[C@H]2CCNC[C@H]21. The van der Waals surface area contributed by atoms with Crippen molar-refractivity contribution in [1.29, 1.82) is 0 Å². The van der Waals surface area contributed by atoms with Crippen LogP contribution in [0.5, 0.6) is 0 Å². The highest BCUT2D eigenvalue weighted by Gasteiger charge is 2.41. The van der Waals surface area contributed by atoms with Crippen molar-refractivity contribution in [2.75, 3.05) is 13.1 Å². The van der Waals surface area contributed by atoms with Gasteiger partial charge in [0.1, 0.15) is 6.10 Å². The Morgan fingerprint density at radius 3 is 3.14 bits per heavy atom. The van der Waals surface area contributed by atoms with Crippen LogP contribution in [0.3, 0.4) is 0 Å². The Kier molecular flexibility index (Phi) is 2.46. The van der Waals surface area contributed by atoms with Gasteiger partial charge in [0.2, 0.25) is 0 Å². The molecule has 2 atom stereocenters. The summed E-state index contributed by atoms with van der Waals surface area (Å²) in [5.41, 5.74) is 1.12. The number of amides is 1. The Morgan fingerprint density at radius 2 is 2.43 bits per heavy atom. The van der Waals surface area contributed by atoms with Crippen LogP contribution in [-0.2, 0) is 4.74 Å². The third-order valence-corrected chi connectivity index (χ3v) is 2.61. The predicted molar refractivity (Wildman–Crippen MR) is 52.8 cm³/mol. The highest BCUT2D eigenvalue weighted by Crippen LogP contribution is 2.24. The molecular formula is C10H16N2O2. The van der Waals surface area contributed by atoms with Crippen LogP contribution < -0.4 is 5.32 Å². The second-order valence-electron chi connectivity index (χ2n) is 4.10. The molecule has 0 spiro atoms. The van der Waals surface area contributed by atoms with Gasteiger partial charge >= 0.3 is 6.09 Å². The summed E-state index contributed by atoms with van der Waals surface area (Å²) in [6, 6.07) is 0.186. The number of rotatable bonds is 1. The zero-order chi connectivity index (χ0) is 10.1. The minimum absolute atomic E-state index is 0.0827. The van der Waals surface area contributed by atoms with Crippen molar-refractivity contribution in [3.05, 3.63) is 11.8 Å². The molecule has 0 radical (unpaired) electrons. The molecular weight excluding hydrogens is 180 g/mol. The van der Waals surface area contributed by atoms with Gasteiger partial charge in [-0.2, -0.15) is 0 Å². The molecule has 0 aromatic heterocycles. The van der Waals surface area contributed by atoms with Crippen LogP contribution in [0.15, 0.2) is 11.8 Å². The number of piperidine rings is 1. The molecule has 0 bridgehead atoms. The van der Waals surface area contributed by atoms with Crippen LogP contribution in [0.2, 0.25) is 0 Å². The van der Waals surface area contributed by atoms with Crippen molar-refractivity contribution < 1.29 is 9.53 Å². The molecule has 78 valence electrons. The van der Waals surface area contributed by atoms with E-state index in [4.69, 9.17) is 4.74 Å². The summed E-state index contributed by atoms with van der Waals surface area (Å²) in [5.74, 6) is 0. The molecule has 4 heteroatoms. The molecule has 2 rings (SSSR count). The van der Waals surface area contributed by atoms with Gasteiger partial charge in [-0.15, -0.1) is 0 Å². The Hall–Kier alpha value is -1.03. The predicted octanol–water partition coefficient (Wildman–Crippen LogP) is 1.09. The third-order valence-electron chi connectivity index (χ3n) is 2.61. The molecule has 4 nitrogen and oxygen atoms in total. The van der Waals surface area contributed by atoms with Crippen LogP contribution in [0.4, 0.5) is 4.79 Å². The van der Waals surface area contributed by atoms with E-state index >= 15 is 0 Å². The fourth-order valence-electron chi connectivity index (χ4n) is 1.99. The van der Waals surface area contributed by atoms with Crippen molar-refractivity contribution in [1.82, 2.24) is 10.2 Å². The number of hydrogen-bond acceptors (Lipinski definition) is 3. The maximum absolute atomic E-state index is 11.5. The molecule has 0 unspecified atom stereocenters. The van der Waals surface area contributed by atoms with Gasteiger partial charge in [-0.25, -0.2) is 4.79 Å². The molecule has 2 aliphatic heterocycles. The lowest BCUT2D eigenvalue weighted by atomic mass is 10.0. The van der Waals surface area contributed by atoms with E-state index in [2.05, 4.69) is 5.32 Å². The van der Waals surface area contributed by atoms with E-state index < -0.39 is 0 Å². The van der Waals surface area contributed by atoms with Gasteiger partial charge in [-0.1, -0.05) is 5.57 Å². The lowest BCUT2D eigenvalue weighted by Crippen LogP contribution is -2.47. The summed E-state index contributed by atoms with van der Waals surface area (Å²) in [6.45, 7) is 5.74. The normalized spacial score (nSPS) is 31.0. The number of ether oxygens (including phenoxy) is 1. The number of allylic oxidation sites excluding steroid dienone is 1. The Bertz CT molecular complexity index is 271. The number of hydrogen-bond donors (Lipinski definition) is 1. The average molecular weight is 196 g/mol. The number of nitrogens with one attached hydrogen (secondary N) is 1. The van der Waals surface area contributed by atoms with Crippen molar-refractivity contribution in [2.45, 2.75) is 32.4 Å². The molecule has 2 fully saturated rings. The van der Waals surface area contributed by atoms with Crippen molar-refractivity contribution in [3.63, 3.8) is 0 Å². The number of fused-ring (bicyclic) bond motifs is 1. The van der Waals surface area contributed by atoms with E-state index in [0.29, 0.717) is 0 Å². The monoisotopic (exact) mass is 196 g/mol. The van der Waals surface area contributed by atoms with Gasteiger partial charge in [0.05, 0.1) is 6.04 Å². The van der Waals surface area contributed by atoms with Crippen LogP contribution in [-0.4, -0.2) is 36.2 Å². The quantitative estimate of drug-likeness (QED) is 0.682. The summed E-state index contributed by atoms with van der Waals surface area (Å²) in [6.07, 6.45) is 2.67. The van der Waals surface area contributed by atoms with E-state index in [0.717, 1.165) is 25.1 Å². The fraction of sp³-hybridized carbons (Fsp3) is 0.700. The Morgan fingerprint density at radius 1 is 1.64 bits per heavy atom. The first-order chi connectivity index (χ1) is 6.68. The standard InChI is InChI=1S/C10H16N2O2/c1-7(2)6-12-8-5-11-4-3-9(8)14-10(12)13/h6,8-9,11H,3-5H2,1-2H3/t8-,9+/m1/s1. The van der Waals surface area contributed by atoms with Gasteiger partial charge in [-0.05, 0) is 26.8 Å². The Balaban J connectivity index is 2.15. The number of carbonyl (C=O) groups is 1. The minimum Gasteiger partial charge on any atom is -0.444 e. The van der Waals surface area contributed by atoms with Crippen molar-refractivity contribution in [3.8, 4) is 0 Å². The molecule has 14 heavy (non-hydrogen) atoms. The smallest absolute Gasteiger partial charge is 0.414 e. The lowest BCUT2D eigenvalue weighted by molar-refractivity contribution is 0.117. The second-order valence-corrected chi connectivity index (χ2v) is 4.10. The van der Waals surface area contributed by atoms with E-state index in [-0.39, 0.29) is 18.2 Å². The van der Waals surface area contributed by atoms with Gasteiger partial charge < -0.3 is 10.1 Å². The zero-order valence-corrected chi connectivity index (χ0v) is 8.62. The maximum atomic E-state index is 11.5. The topological polar surface area (TPSA) is 41.6 Å². The first-order valence-electron chi connectivity index (χ1n) is 5.03. The Labute approximate surface area is 83.9 Å². The number of nitrogens with zero attached hydrogens (tertiary/aromatic N) is 1. The average Bonchev–Trinajstić information content (AvgIpc) is 2.43. The molecule has 1 amide bonds. The molecule has 2 aliphatic rings. The van der Waals surface area contributed by atoms with Gasteiger partial charge in [0.25, 0.3) is 0 Å². The minimum atomic E-state index is -0.204. The number of carbonyl (C=O) groups excluding carboxylic acids is 1. The lowest BCUT2D eigenvalue weighted by Gasteiger charge is -2.26. The maximum Gasteiger partial charge on any atom is 0.414 e. The first-order valence-corrected chi connectivity index (χ1v) is 5.03. The van der Waals surface area contributed by atoms with E-state index in [1.807, 2.05) is 20.0 Å². The molecule has 2 heterocycles. The molecule has 0 aromatic carbocycles. The van der Waals surface area contributed by atoms with Crippen LogP contribution >= 0.6 is 0 Å². The zero-order valence-electron chi connectivity index (χ0n) is 8.62. The van der Waals surface area contributed by atoms with Crippen molar-refractivity contribution >= 4 is 6.09 Å². The summed E-state index contributed by atoms with van der Waals surface area (Å²) < 4.78 is 5.28. The highest BCUT2D eigenvalue weighted by molar-refractivity contribution is 5.72. The third kappa shape index (κ3) is 1.62. The molecule has 0 aromatic rings. The van der Waals surface area contributed by atoms with Gasteiger partial charge in [-0.3, -0.25) is 4.90 Å². The highest BCUT2D eigenvalue weighted by atomic mass is 16.6. The molecule has 0 saturated carbocycles. The molecule has 0 aliphatic carbocycles. The second kappa shape index (κ2) is 3.61. The summed E-state index contributed by atoms with van der Waals surface area (Å²) in [5, 5.41) is 3.28. The summed E-state index contributed by atoms with van der Waals surface area (Å²) in [7, 11) is 0. The van der Waals surface area contributed by atoms with Gasteiger partial charge in [0.15, 0.2) is 0 Å². The first kappa shape index (κ1) is 9.52. The molecule has 1 N–H and O–H groups in total. The van der Waals surface area contributed by atoms with Crippen LogP contribution in [0.1, 0.15) is 20.3 Å². The fourth-order valence-corrected chi connectivity index (χ4v) is 1.99. The van der Waals surface area contributed by atoms with E-state index in [1.165, 1.54) is 0 Å².